The van der Waals surface area contributed by atoms with Crippen molar-refractivity contribution in [1.82, 2.24) is 19.7 Å². The molecule has 166 valence electrons. The van der Waals surface area contributed by atoms with Gasteiger partial charge in [0.25, 0.3) is 5.92 Å². The number of nitrogens with one attached hydrogen (secondary N) is 2. The lowest BCUT2D eigenvalue weighted by Gasteiger charge is -2.22. The van der Waals surface area contributed by atoms with Crippen LogP contribution in [0.1, 0.15) is 29.9 Å². The van der Waals surface area contributed by atoms with Crippen LogP contribution in [0.25, 0.3) is 10.9 Å². The van der Waals surface area contributed by atoms with Crippen LogP contribution in [0.3, 0.4) is 0 Å². The molecule has 0 radical (unpaired) electrons. The van der Waals surface area contributed by atoms with Crippen LogP contribution in [0.2, 0.25) is 0 Å². The van der Waals surface area contributed by atoms with Crippen molar-refractivity contribution in [2.75, 3.05) is 18.1 Å². The van der Waals surface area contributed by atoms with Gasteiger partial charge in [0.15, 0.2) is 0 Å². The van der Waals surface area contributed by atoms with Gasteiger partial charge in [-0.2, -0.15) is 8.78 Å². The zero-order chi connectivity index (χ0) is 23.0. The number of pyridine rings is 1. The Morgan fingerprint density at radius 1 is 1.26 bits per heavy atom. The average Bonchev–Trinajstić information content (AvgIpc) is 2.66. The molecule has 0 saturated carbocycles. The van der Waals surface area contributed by atoms with Crippen molar-refractivity contribution in [2.24, 2.45) is 0 Å². The van der Waals surface area contributed by atoms with E-state index in [4.69, 9.17) is 0 Å². The molecule has 2 aromatic heterocycles. The molecule has 31 heavy (non-hydrogen) atoms. The Bertz CT molecular complexity index is 1240. The number of aryl methyl sites for hydroxylation is 1. The largest absolute Gasteiger partial charge is 0.363 e. The highest BCUT2D eigenvalue weighted by molar-refractivity contribution is 9.10. The highest BCUT2D eigenvalue weighted by atomic mass is 79.9. The number of sulfonamides is 1. The van der Waals surface area contributed by atoms with Crippen LogP contribution < -0.4 is 10.0 Å². The van der Waals surface area contributed by atoms with Crippen molar-refractivity contribution >= 4 is 42.7 Å². The van der Waals surface area contributed by atoms with Crippen molar-refractivity contribution < 1.29 is 21.6 Å². The highest BCUT2D eigenvalue weighted by Crippen LogP contribution is 2.34. The molecule has 0 fully saturated rings. The first-order valence-electron chi connectivity index (χ1n) is 9.05. The van der Waals surface area contributed by atoms with Crippen molar-refractivity contribution in [3.63, 3.8) is 0 Å². The number of aromatic nitrogens is 3. The SMILES string of the molecule is Cc1nc(N[C@H](C)c2cccc(C(F)(F)CNS(C)(=O)=O)c2F)c2cc(Br)ncc2n1. The summed E-state index contributed by atoms with van der Waals surface area (Å²) >= 11 is 3.28. The fourth-order valence-corrected chi connectivity index (χ4v) is 3.77. The molecule has 0 aliphatic rings. The minimum atomic E-state index is -3.86. The maximum atomic E-state index is 15.1. The van der Waals surface area contributed by atoms with Gasteiger partial charge in [0.05, 0.1) is 36.1 Å². The van der Waals surface area contributed by atoms with Crippen molar-refractivity contribution in [2.45, 2.75) is 25.8 Å². The summed E-state index contributed by atoms with van der Waals surface area (Å²) in [5.74, 6) is -4.01. The number of halogens is 4. The van der Waals surface area contributed by atoms with Gasteiger partial charge in [0, 0.05) is 10.9 Å². The predicted octanol–water partition coefficient (Wildman–Crippen LogP) is 4.05. The van der Waals surface area contributed by atoms with Crippen LogP contribution in [0.15, 0.2) is 35.1 Å². The van der Waals surface area contributed by atoms with E-state index < -0.39 is 39.9 Å². The van der Waals surface area contributed by atoms with Gasteiger partial charge in [-0.15, -0.1) is 0 Å². The summed E-state index contributed by atoms with van der Waals surface area (Å²) in [7, 11) is -3.86. The second-order valence-corrected chi connectivity index (χ2v) is 9.66. The third-order valence-electron chi connectivity index (χ3n) is 4.46. The van der Waals surface area contributed by atoms with Gasteiger partial charge in [-0.1, -0.05) is 18.2 Å². The second-order valence-electron chi connectivity index (χ2n) is 7.02. The summed E-state index contributed by atoms with van der Waals surface area (Å²) in [6, 6.07) is 4.57. The molecule has 0 saturated heterocycles. The first-order chi connectivity index (χ1) is 14.4. The van der Waals surface area contributed by atoms with Crippen LogP contribution in [0.4, 0.5) is 19.0 Å². The van der Waals surface area contributed by atoms with E-state index in [-0.39, 0.29) is 5.56 Å². The molecule has 7 nitrogen and oxygen atoms in total. The van der Waals surface area contributed by atoms with Gasteiger partial charge in [-0.05, 0) is 35.8 Å². The fourth-order valence-electron chi connectivity index (χ4n) is 3.00. The van der Waals surface area contributed by atoms with E-state index in [0.29, 0.717) is 27.1 Å². The summed E-state index contributed by atoms with van der Waals surface area (Å²) in [5.41, 5.74) is -0.349. The Labute approximate surface area is 185 Å². The molecular weight excluding hydrogens is 499 g/mol. The van der Waals surface area contributed by atoms with Crippen molar-refractivity contribution in [3.8, 4) is 0 Å². The first kappa shape index (κ1) is 23.4. The topological polar surface area (TPSA) is 96.9 Å². The Morgan fingerprint density at radius 3 is 2.65 bits per heavy atom. The van der Waals surface area contributed by atoms with E-state index in [9.17, 15) is 17.2 Å². The van der Waals surface area contributed by atoms with Gasteiger partial charge in [-0.3, -0.25) is 0 Å². The lowest BCUT2D eigenvalue weighted by molar-refractivity contribution is -0.00156. The summed E-state index contributed by atoms with van der Waals surface area (Å²) in [5, 5.41) is 3.67. The van der Waals surface area contributed by atoms with Gasteiger partial charge in [0.1, 0.15) is 22.1 Å². The number of anilines is 1. The van der Waals surface area contributed by atoms with Crippen LogP contribution in [-0.2, 0) is 15.9 Å². The number of nitrogens with zero attached hydrogens (tertiary/aromatic N) is 3. The van der Waals surface area contributed by atoms with Crippen LogP contribution in [0.5, 0.6) is 0 Å². The van der Waals surface area contributed by atoms with Gasteiger partial charge < -0.3 is 5.32 Å². The second kappa shape index (κ2) is 8.67. The molecule has 0 amide bonds. The molecular formula is C19H19BrF3N5O2S. The molecule has 0 unspecified atom stereocenters. The first-order valence-corrected chi connectivity index (χ1v) is 11.7. The average molecular weight is 518 g/mol. The molecule has 2 N–H and O–H groups in total. The summed E-state index contributed by atoms with van der Waals surface area (Å²) in [6.07, 6.45) is 2.31. The van der Waals surface area contributed by atoms with E-state index >= 15 is 4.39 Å². The fraction of sp³-hybridized carbons (Fsp3) is 0.316. The zero-order valence-corrected chi connectivity index (χ0v) is 19.2. The molecule has 0 aliphatic heterocycles. The summed E-state index contributed by atoms with van der Waals surface area (Å²) in [4.78, 5) is 12.8. The maximum absolute atomic E-state index is 15.1. The summed E-state index contributed by atoms with van der Waals surface area (Å²) < 4.78 is 68.7. The Balaban J connectivity index is 1.95. The zero-order valence-electron chi connectivity index (χ0n) is 16.7. The highest BCUT2D eigenvalue weighted by Gasteiger charge is 2.36. The minimum absolute atomic E-state index is 0.0194. The van der Waals surface area contributed by atoms with E-state index in [1.807, 2.05) is 0 Å². The predicted molar refractivity (Wildman–Crippen MR) is 115 cm³/mol. The molecule has 1 aromatic carbocycles. The third kappa shape index (κ3) is 5.49. The Morgan fingerprint density at radius 2 is 1.97 bits per heavy atom. The van der Waals surface area contributed by atoms with Gasteiger partial charge in [-0.25, -0.2) is 32.5 Å². The number of benzene rings is 1. The van der Waals surface area contributed by atoms with E-state index in [1.165, 1.54) is 12.1 Å². The van der Waals surface area contributed by atoms with Crippen molar-refractivity contribution in [3.05, 3.63) is 57.8 Å². The molecule has 0 spiro atoms. The Kier molecular flexibility index (Phi) is 6.53. The minimum Gasteiger partial charge on any atom is -0.363 e. The lowest BCUT2D eigenvalue weighted by atomic mass is 10.00. The number of alkyl halides is 2. The normalized spacial score (nSPS) is 13.4. The lowest BCUT2D eigenvalue weighted by Crippen LogP contribution is -2.35. The third-order valence-corrected chi connectivity index (χ3v) is 5.56. The number of hydrogen-bond donors (Lipinski definition) is 2. The molecule has 1 atom stereocenters. The molecule has 0 bridgehead atoms. The van der Waals surface area contributed by atoms with Crippen LogP contribution >= 0.6 is 15.9 Å². The number of rotatable bonds is 7. The number of hydrogen-bond acceptors (Lipinski definition) is 6. The molecule has 3 aromatic rings. The smallest absolute Gasteiger partial charge is 0.289 e. The van der Waals surface area contributed by atoms with Crippen molar-refractivity contribution in [1.29, 1.82) is 0 Å². The van der Waals surface area contributed by atoms with Gasteiger partial charge in [0.2, 0.25) is 10.0 Å². The monoisotopic (exact) mass is 517 g/mol. The quantitative estimate of drug-likeness (QED) is 0.459. The molecule has 2 heterocycles. The Hall–Kier alpha value is -2.31. The van der Waals surface area contributed by atoms with E-state index in [2.05, 4.69) is 36.2 Å². The molecule has 0 aliphatic carbocycles. The molecule has 12 heteroatoms. The standard InChI is InChI=1S/C19H19BrF3N5O2S/c1-10(26-18-13-7-16(20)24-8-15(13)27-11(2)28-18)12-5-4-6-14(17(12)21)19(22,23)9-25-31(3,29)30/h4-8,10,25H,9H2,1-3H3,(H,26,27,28)/t10-/m1/s1. The summed E-state index contributed by atoms with van der Waals surface area (Å²) in [6.45, 7) is 2.05. The molecule has 3 rings (SSSR count). The van der Waals surface area contributed by atoms with E-state index in [0.717, 1.165) is 12.3 Å². The maximum Gasteiger partial charge on any atom is 0.289 e. The van der Waals surface area contributed by atoms with Crippen LogP contribution in [0, 0.1) is 12.7 Å². The van der Waals surface area contributed by atoms with Crippen LogP contribution in [-0.4, -0.2) is 36.2 Å². The number of fused-ring (bicyclic) bond motifs is 1. The van der Waals surface area contributed by atoms with E-state index in [1.54, 1.807) is 30.8 Å². The van der Waals surface area contributed by atoms with Gasteiger partial charge >= 0.3 is 0 Å².